The third-order valence-electron chi connectivity index (χ3n) is 2.82. The lowest BCUT2D eigenvalue weighted by atomic mass is 10.1. The van der Waals surface area contributed by atoms with Gasteiger partial charge in [0.15, 0.2) is 0 Å². The van der Waals surface area contributed by atoms with E-state index in [0.717, 1.165) is 12.1 Å². The summed E-state index contributed by atoms with van der Waals surface area (Å²) in [5, 5.41) is 3.30. The molecule has 1 amide bonds. The molecule has 1 aliphatic rings. The summed E-state index contributed by atoms with van der Waals surface area (Å²) in [5.41, 5.74) is 12.7. The molecule has 1 aliphatic carbocycles. The Kier molecular flexibility index (Phi) is 2.26. The van der Waals surface area contributed by atoms with Gasteiger partial charge in [0.2, 0.25) is 0 Å². The molecule has 0 saturated heterocycles. The highest BCUT2D eigenvalue weighted by Crippen LogP contribution is 2.34. The van der Waals surface area contributed by atoms with Crippen LogP contribution < -0.4 is 16.8 Å². The number of nitrogens with one attached hydrogen (secondary N) is 1. The van der Waals surface area contributed by atoms with Crippen molar-refractivity contribution < 1.29 is 4.79 Å². The van der Waals surface area contributed by atoms with Crippen molar-refractivity contribution >= 4 is 17.3 Å². The summed E-state index contributed by atoms with van der Waals surface area (Å²) in [6.45, 7) is 2.17. The molecule has 4 heteroatoms. The number of nitrogens with two attached hydrogens (primary N) is 2. The Bertz CT molecular complexity index is 403. The maximum absolute atomic E-state index is 11.1. The largest absolute Gasteiger partial charge is 0.396 e. The summed E-state index contributed by atoms with van der Waals surface area (Å²) in [4.78, 5) is 11.1. The van der Waals surface area contributed by atoms with Crippen molar-refractivity contribution in [1.29, 1.82) is 0 Å². The van der Waals surface area contributed by atoms with Gasteiger partial charge < -0.3 is 16.8 Å². The fraction of sp³-hybridized carbons (Fsp3) is 0.364. The van der Waals surface area contributed by atoms with E-state index >= 15 is 0 Å². The van der Waals surface area contributed by atoms with E-state index in [1.165, 1.54) is 0 Å². The van der Waals surface area contributed by atoms with E-state index in [4.69, 9.17) is 11.5 Å². The molecule has 0 aromatic heterocycles. The lowest BCUT2D eigenvalue weighted by molar-refractivity contribution is 0.100. The molecule has 1 aromatic rings. The fourth-order valence-corrected chi connectivity index (χ4v) is 1.63. The first-order valence-electron chi connectivity index (χ1n) is 5.04. The predicted octanol–water partition coefficient (Wildman–Crippen LogP) is 1.19. The molecule has 0 aliphatic heterocycles. The standard InChI is InChI=1S/C11H15N3O/c1-6-5-9(6)14-8-4-2-3-7(10(8)12)11(13)15/h2-4,6,9,14H,5,12H2,1H3,(H2,13,15). The third-order valence-corrected chi connectivity index (χ3v) is 2.82. The van der Waals surface area contributed by atoms with Crippen molar-refractivity contribution in [2.45, 2.75) is 19.4 Å². The molecule has 1 aromatic carbocycles. The van der Waals surface area contributed by atoms with Crippen LogP contribution >= 0.6 is 0 Å². The monoisotopic (exact) mass is 205 g/mol. The third kappa shape index (κ3) is 1.88. The molecule has 2 rings (SSSR count). The van der Waals surface area contributed by atoms with Gasteiger partial charge in [-0.15, -0.1) is 0 Å². The molecule has 1 fully saturated rings. The van der Waals surface area contributed by atoms with Crippen LogP contribution in [0.3, 0.4) is 0 Å². The van der Waals surface area contributed by atoms with Crippen molar-refractivity contribution in [3.63, 3.8) is 0 Å². The maximum atomic E-state index is 11.1. The lowest BCUT2D eigenvalue weighted by Crippen LogP contribution is -2.15. The first-order chi connectivity index (χ1) is 7.09. The second-order valence-electron chi connectivity index (χ2n) is 4.09. The van der Waals surface area contributed by atoms with Gasteiger partial charge >= 0.3 is 0 Å². The Morgan fingerprint density at radius 3 is 2.73 bits per heavy atom. The summed E-state index contributed by atoms with van der Waals surface area (Å²) in [5.74, 6) is 0.196. The summed E-state index contributed by atoms with van der Waals surface area (Å²) >= 11 is 0. The molecule has 15 heavy (non-hydrogen) atoms. The second-order valence-corrected chi connectivity index (χ2v) is 4.09. The molecule has 0 spiro atoms. The highest BCUT2D eigenvalue weighted by Gasteiger charge is 2.32. The van der Waals surface area contributed by atoms with Crippen molar-refractivity contribution in [3.05, 3.63) is 23.8 Å². The topological polar surface area (TPSA) is 81.1 Å². The molecule has 5 N–H and O–H groups in total. The Morgan fingerprint density at radius 2 is 2.20 bits per heavy atom. The number of hydrogen-bond donors (Lipinski definition) is 3. The van der Waals surface area contributed by atoms with Gasteiger partial charge in [-0.05, 0) is 24.5 Å². The molecule has 2 unspecified atom stereocenters. The van der Waals surface area contributed by atoms with E-state index in [9.17, 15) is 4.79 Å². The second kappa shape index (κ2) is 3.46. The van der Waals surface area contributed by atoms with E-state index in [0.29, 0.717) is 23.2 Å². The van der Waals surface area contributed by atoms with Crippen molar-refractivity contribution in [2.75, 3.05) is 11.1 Å². The Morgan fingerprint density at radius 1 is 1.53 bits per heavy atom. The summed E-state index contributed by atoms with van der Waals surface area (Å²) in [6.07, 6.45) is 1.15. The highest BCUT2D eigenvalue weighted by molar-refractivity contribution is 6.00. The smallest absolute Gasteiger partial charge is 0.250 e. The summed E-state index contributed by atoms with van der Waals surface area (Å²) < 4.78 is 0. The molecular weight excluding hydrogens is 190 g/mol. The SMILES string of the molecule is CC1CC1Nc1cccc(C(N)=O)c1N. The average molecular weight is 205 g/mol. The van der Waals surface area contributed by atoms with E-state index in [1.54, 1.807) is 12.1 Å². The number of rotatable bonds is 3. The number of amides is 1. The number of nitrogen functional groups attached to an aromatic ring is 1. The van der Waals surface area contributed by atoms with Crippen LogP contribution in [0.25, 0.3) is 0 Å². The van der Waals surface area contributed by atoms with Gasteiger partial charge in [0.25, 0.3) is 5.91 Å². The Hall–Kier alpha value is -1.71. The average Bonchev–Trinajstić information content (AvgIpc) is 2.85. The zero-order chi connectivity index (χ0) is 11.0. The summed E-state index contributed by atoms with van der Waals surface area (Å²) in [6, 6.07) is 5.77. The van der Waals surface area contributed by atoms with E-state index in [2.05, 4.69) is 12.2 Å². The van der Waals surface area contributed by atoms with Gasteiger partial charge in [0.1, 0.15) is 0 Å². The minimum Gasteiger partial charge on any atom is -0.396 e. The number of benzene rings is 1. The predicted molar refractivity (Wildman–Crippen MR) is 60.6 cm³/mol. The van der Waals surface area contributed by atoms with Crippen LogP contribution in [-0.4, -0.2) is 11.9 Å². The number of carbonyl (C=O) groups is 1. The van der Waals surface area contributed by atoms with Crippen LogP contribution in [0.2, 0.25) is 0 Å². The van der Waals surface area contributed by atoms with Gasteiger partial charge in [0.05, 0.1) is 16.9 Å². The molecule has 80 valence electrons. The molecule has 0 radical (unpaired) electrons. The fourth-order valence-electron chi connectivity index (χ4n) is 1.63. The van der Waals surface area contributed by atoms with Crippen LogP contribution in [0.4, 0.5) is 11.4 Å². The minimum atomic E-state index is -0.486. The molecular formula is C11H15N3O. The Labute approximate surface area is 88.6 Å². The van der Waals surface area contributed by atoms with Crippen molar-refractivity contribution in [3.8, 4) is 0 Å². The van der Waals surface area contributed by atoms with Crippen LogP contribution in [0.5, 0.6) is 0 Å². The van der Waals surface area contributed by atoms with Crippen LogP contribution in [0.1, 0.15) is 23.7 Å². The number of hydrogen-bond acceptors (Lipinski definition) is 3. The zero-order valence-corrected chi connectivity index (χ0v) is 8.66. The maximum Gasteiger partial charge on any atom is 0.250 e. The molecule has 1 saturated carbocycles. The van der Waals surface area contributed by atoms with Gasteiger partial charge in [-0.1, -0.05) is 13.0 Å². The summed E-state index contributed by atoms with van der Waals surface area (Å²) in [7, 11) is 0. The Balaban J connectivity index is 2.23. The van der Waals surface area contributed by atoms with Gasteiger partial charge in [0, 0.05) is 6.04 Å². The molecule has 0 heterocycles. The molecule has 2 atom stereocenters. The quantitative estimate of drug-likeness (QED) is 0.648. The van der Waals surface area contributed by atoms with Crippen LogP contribution in [-0.2, 0) is 0 Å². The van der Waals surface area contributed by atoms with Gasteiger partial charge in [-0.25, -0.2) is 0 Å². The molecule has 0 bridgehead atoms. The van der Waals surface area contributed by atoms with Gasteiger partial charge in [-0.3, -0.25) is 4.79 Å². The van der Waals surface area contributed by atoms with Crippen molar-refractivity contribution in [2.24, 2.45) is 11.7 Å². The van der Waals surface area contributed by atoms with E-state index < -0.39 is 5.91 Å². The van der Waals surface area contributed by atoms with Crippen LogP contribution in [0.15, 0.2) is 18.2 Å². The first-order valence-corrected chi connectivity index (χ1v) is 5.04. The number of primary amides is 1. The number of para-hydroxylation sites is 1. The normalized spacial score (nSPS) is 23.5. The minimum absolute atomic E-state index is 0.383. The van der Waals surface area contributed by atoms with E-state index in [-0.39, 0.29) is 0 Å². The van der Waals surface area contributed by atoms with E-state index in [1.807, 2.05) is 6.07 Å². The van der Waals surface area contributed by atoms with Crippen LogP contribution in [0, 0.1) is 5.92 Å². The number of anilines is 2. The first kappa shape index (κ1) is 9.83. The lowest BCUT2D eigenvalue weighted by Gasteiger charge is -2.10. The van der Waals surface area contributed by atoms with Crippen molar-refractivity contribution in [1.82, 2.24) is 0 Å². The zero-order valence-electron chi connectivity index (χ0n) is 8.66. The molecule has 4 nitrogen and oxygen atoms in total. The highest BCUT2D eigenvalue weighted by atomic mass is 16.1. The van der Waals surface area contributed by atoms with Gasteiger partial charge in [-0.2, -0.15) is 0 Å². The number of carbonyl (C=O) groups excluding carboxylic acids is 1.